The fourth-order valence-corrected chi connectivity index (χ4v) is 2.84. The van der Waals surface area contributed by atoms with Gasteiger partial charge in [-0.2, -0.15) is 0 Å². The van der Waals surface area contributed by atoms with Crippen molar-refractivity contribution in [2.24, 2.45) is 0 Å². The number of thioether (sulfide) groups is 1. The number of imide groups is 1. The van der Waals surface area contributed by atoms with Crippen LogP contribution in [0.5, 0.6) is 11.5 Å². The first-order valence-electron chi connectivity index (χ1n) is 8.24. The average molecular weight is 396 g/mol. The van der Waals surface area contributed by atoms with Gasteiger partial charge in [0.1, 0.15) is 11.5 Å². The molecular formula is C17H20N2O7S. The van der Waals surface area contributed by atoms with Gasteiger partial charge in [-0.25, -0.2) is 4.79 Å². The highest BCUT2D eigenvalue weighted by Crippen LogP contribution is 2.18. The third kappa shape index (κ3) is 6.81. The maximum Gasteiger partial charge on any atom is 0.344 e. The van der Waals surface area contributed by atoms with Crippen molar-refractivity contribution in [2.75, 3.05) is 38.7 Å². The Balaban J connectivity index is 1.59. The highest BCUT2D eigenvalue weighted by molar-refractivity contribution is 8.14. The smallest absolute Gasteiger partial charge is 0.344 e. The minimum absolute atomic E-state index is 0.0885. The summed E-state index contributed by atoms with van der Waals surface area (Å²) in [6.07, 6.45) is 0. The van der Waals surface area contributed by atoms with Crippen molar-refractivity contribution in [1.29, 1.82) is 0 Å². The van der Waals surface area contributed by atoms with Crippen LogP contribution in [0, 0.1) is 0 Å². The Labute approximate surface area is 160 Å². The Bertz CT molecular complexity index is 677. The molecule has 0 spiro atoms. The van der Waals surface area contributed by atoms with Crippen LogP contribution in [0.2, 0.25) is 0 Å². The summed E-state index contributed by atoms with van der Waals surface area (Å²) in [7, 11) is 0. The molecule has 9 nitrogen and oxygen atoms in total. The van der Waals surface area contributed by atoms with Gasteiger partial charge in [0, 0.05) is 13.1 Å². The number of rotatable bonds is 10. The van der Waals surface area contributed by atoms with E-state index in [2.05, 4.69) is 5.32 Å². The van der Waals surface area contributed by atoms with Crippen LogP contribution in [0.1, 0.15) is 6.92 Å². The molecule has 1 fully saturated rings. The molecule has 146 valence electrons. The average Bonchev–Trinajstić information content (AvgIpc) is 2.98. The van der Waals surface area contributed by atoms with Crippen molar-refractivity contribution in [3.63, 3.8) is 0 Å². The van der Waals surface area contributed by atoms with Gasteiger partial charge in [0.2, 0.25) is 5.91 Å². The molecular weight excluding hydrogens is 376 g/mol. The summed E-state index contributed by atoms with van der Waals surface area (Å²) in [5, 5.41) is 2.15. The van der Waals surface area contributed by atoms with Crippen molar-refractivity contribution in [1.82, 2.24) is 10.2 Å². The van der Waals surface area contributed by atoms with E-state index in [1.54, 1.807) is 24.3 Å². The largest absolute Gasteiger partial charge is 0.494 e. The number of benzene rings is 1. The number of hydrogen-bond donors (Lipinski definition) is 1. The van der Waals surface area contributed by atoms with Gasteiger partial charge in [-0.05, 0) is 31.2 Å². The lowest BCUT2D eigenvalue weighted by atomic mass is 10.3. The predicted octanol–water partition coefficient (Wildman–Crippen LogP) is 0.819. The zero-order valence-corrected chi connectivity index (χ0v) is 15.6. The zero-order chi connectivity index (χ0) is 19.6. The van der Waals surface area contributed by atoms with Crippen LogP contribution in [-0.2, 0) is 19.1 Å². The first kappa shape index (κ1) is 20.6. The normalized spacial score (nSPS) is 13.4. The molecule has 3 amide bonds. The van der Waals surface area contributed by atoms with Gasteiger partial charge in [0.15, 0.2) is 13.2 Å². The van der Waals surface area contributed by atoms with Gasteiger partial charge < -0.3 is 19.5 Å². The summed E-state index contributed by atoms with van der Waals surface area (Å²) in [5.41, 5.74) is 0. The van der Waals surface area contributed by atoms with E-state index in [4.69, 9.17) is 14.2 Å². The molecule has 1 aromatic carbocycles. The first-order valence-corrected chi connectivity index (χ1v) is 9.23. The maximum absolute atomic E-state index is 11.6. The quantitative estimate of drug-likeness (QED) is 0.579. The number of nitrogens with one attached hydrogen (secondary N) is 1. The van der Waals surface area contributed by atoms with E-state index < -0.39 is 18.5 Å². The Morgan fingerprint density at radius 3 is 2.37 bits per heavy atom. The molecule has 0 saturated carbocycles. The van der Waals surface area contributed by atoms with Crippen molar-refractivity contribution >= 4 is 34.8 Å². The molecule has 0 aromatic heterocycles. The lowest BCUT2D eigenvalue weighted by Gasteiger charge is -2.13. The Hall–Kier alpha value is -2.75. The Kier molecular flexibility index (Phi) is 7.93. The zero-order valence-electron chi connectivity index (χ0n) is 14.8. The molecule has 10 heteroatoms. The van der Waals surface area contributed by atoms with Gasteiger partial charge >= 0.3 is 5.97 Å². The molecule has 1 heterocycles. The minimum Gasteiger partial charge on any atom is -0.494 e. The van der Waals surface area contributed by atoms with Crippen LogP contribution in [-0.4, -0.2) is 66.6 Å². The summed E-state index contributed by atoms with van der Waals surface area (Å²) in [6, 6.07) is 6.74. The van der Waals surface area contributed by atoms with Gasteiger partial charge in [-0.3, -0.25) is 19.3 Å². The van der Waals surface area contributed by atoms with E-state index in [1.165, 1.54) is 0 Å². The predicted molar refractivity (Wildman–Crippen MR) is 96.6 cm³/mol. The first-order chi connectivity index (χ1) is 13.0. The van der Waals surface area contributed by atoms with Crippen molar-refractivity contribution in [2.45, 2.75) is 6.92 Å². The maximum atomic E-state index is 11.6. The molecule has 0 atom stereocenters. The second kappa shape index (κ2) is 10.4. The molecule has 1 N–H and O–H groups in total. The fraction of sp³-hybridized carbons (Fsp3) is 0.412. The number of nitrogens with zero attached hydrogens (tertiary/aromatic N) is 1. The number of carbonyl (C=O) groups is 4. The number of amides is 3. The second-order valence-corrected chi connectivity index (χ2v) is 6.23. The van der Waals surface area contributed by atoms with Crippen LogP contribution in [0.3, 0.4) is 0 Å². The molecule has 1 aliphatic rings. The van der Waals surface area contributed by atoms with Crippen LogP contribution < -0.4 is 14.8 Å². The summed E-state index contributed by atoms with van der Waals surface area (Å²) in [4.78, 5) is 47.1. The van der Waals surface area contributed by atoms with Gasteiger partial charge in [0.05, 0.1) is 12.4 Å². The molecule has 2 rings (SSSR count). The summed E-state index contributed by atoms with van der Waals surface area (Å²) in [5.74, 6) is -0.218. The number of hydrogen-bond acceptors (Lipinski definition) is 8. The van der Waals surface area contributed by atoms with Crippen LogP contribution >= 0.6 is 11.8 Å². The van der Waals surface area contributed by atoms with Crippen molar-refractivity contribution in [3.8, 4) is 11.5 Å². The standard InChI is InChI=1S/C17H20N2O7S/c1-2-24-12-3-5-13(6-4-12)25-10-16(22)26-9-14(20)18-7-8-19-15(21)11-27-17(19)23/h3-6H,2,7-11H2,1H3,(H,18,20). The van der Waals surface area contributed by atoms with E-state index in [1.807, 2.05) is 6.92 Å². The second-order valence-electron chi connectivity index (χ2n) is 5.30. The van der Waals surface area contributed by atoms with Crippen LogP contribution in [0.4, 0.5) is 4.79 Å². The monoisotopic (exact) mass is 396 g/mol. The molecule has 0 aliphatic carbocycles. The number of carbonyl (C=O) groups excluding carboxylic acids is 4. The van der Waals surface area contributed by atoms with Crippen LogP contribution in [0.15, 0.2) is 24.3 Å². The highest BCUT2D eigenvalue weighted by Gasteiger charge is 2.29. The minimum atomic E-state index is -0.694. The van der Waals surface area contributed by atoms with Crippen molar-refractivity contribution in [3.05, 3.63) is 24.3 Å². The molecule has 1 saturated heterocycles. The van der Waals surface area contributed by atoms with E-state index in [-0.39, 0.29) is 36.6 Å². The van der Waals surface area contributed by atoms with E-state index >= 15 is 0 Å². The van der Waals surface area contributed by atoms with Crippen LogP contribution in [0.25, 0.3) is 0 Å². The Morgan fingerprint density at radius 1 is 1.11 bits per heavy atom. The summed E-state index contributed by atoms with van der Waals surface area (Å²) >= 11 is 0.928. The third-order valence-corrected chi connectivity index (χ3v) is 4.21. The molecule has 1 aromatic rings. The molecule has 0 radical (unpaired) electrons. The molecule has 0 unspecified atom stereocenters. The van der Waals surface area contributed by atoms with Gasteiger partial charge in [-0.15, -0.1) is 0 Å². The number of esters is 1. The summed E-state index contributed by atoms with van der Waals surface area (Å²) < 4.78 is 15.4. The van der Waals surface area contributed by atoms with E-state index in [0.717, 1.165) is 16.7 Å². The Morgan fingerprint density at radius 2 is 1.78 bits per heavy atom. The number of ether oxygens (including phenoxy) is 3. The van der Waals surface area contributed by atoms with E-state index in [9.17, 15) is 19.2 Å². The fourth-order valence-electron chi connectivity index (χ4n) is 2.08. The molecule has 0 bridgehead atoms. The lowest BCUT2D eigenvalue weighted by Crippen LogP contribution is -2.39. The van der Waals surface area contributed by atoms with Gasteiger partial charge in [-0.1, -0.05) is 11.8 Å². The lowest BCUT2D eigenvalue weighted by molar-refractivity contribution is -0.150. The molecule has 1 aliphatic heterocycles. The molecule has 27 heavy (non-hydrogen) atoms. The van der Waals surface area contributed by atoms with Crippen molar-refractivity contribution < 1.29 is 33.4 Å². The highest BCUT2D eigenvalue weighted by atomic mass is 32.2. The SMILES string of the molecule is CCOc1ccc(OCC(=O)OCC(=O)NCCN2C(=O)CSC2=O)cc1. The van der Waals surface area contributed by atoms with Gasteiger partial charge in [0.25, 0.3) is 11.1 Å². The van der Waals surface area contributed by atoms with E-state index in [0.29, 0.717) is 18.1 Å². The topological polar surface area (TPSA) is 111 Å². The summed E-state index contributed by atoms with van der Waals surface area (Å²) in [6.45, 7) is 1.80. The third-order valence-electron chi connectivity index (χ3n) is 3.35.